The number of nitrogens with zero attached hydrogens (tertiary/aromatic N) is 3. The summed E-state index contributed by atoms with van der Waals surface area (Å²) in [5.41, 5.74) is 1.55. The zero-order valence-corrected chi connectivity index (χ0v) is 11.8. The van der Waals surface area contributed by atoms with E-state index in [1.165, 1.54) is 32.1 Å². The third-order valence-corrected chi connectivity index (χ3v) is 3.23. The number of anilines is 1. The zero-order valence-electron chi connectivity index (χ0n) is 11.8. The molecular weight excluding hydrogens is 236 g/mol. The van der Waals surface area contributed by atoms with Crippen molar-refractivity contribution >= 4 is 17.0 Å². The molecule has 0 bridgehead atoms. The minimum absolute atomic E-state index is 0.506. The van der Waals surface area contributed by atoms with Gasteiger partial charge in [0.25, 0.3) is 0 Å². The van der Waals surface area contributed by atoms with Crippen LogP contribution in [0.1, 0.15) is 46.0 Å². The van der Waals surface area contributed by atoms with Crippen LogP contribution in [0.3, 0.4) is 0 Å². The number of hydrogen-bond donors (Lipinski definition) is 1. The molecule has 2 rings (SSSR count). The highest BCUT2D eigenvalue weighted by Crippen LogP contribution is 2.15. The molecule has 1 unspecified atom stereocenters. The summed E-state index contributed by atoms with van der Waals surface area (Å²) in [6.07, 6.45) is 9.43. The maximum absolute atomic E-state index is 4.52. The van der Waals surface area contributed by atoms with Crippen LogP contribution in [0, 0.1) is 0 Å². The van der Waals surface area contributed by atoms with E-state index in [4.69, 9.17) is 0 Å². The SMILES string of the molecule is CCCCC(CCC)Nc1ccc2nccnc2n1. The fourth-order valence-corrected chi connectivity index (χ4v) is 2.23. The van der Waals surface area contributed by atoms with Crippen molar-refractivity contribution in [3.63, 3.8) is 0 Å². The van der Waals surface area contributed by atoms with E-state index in [-0.39, 0.29) is 0 Å². The van der Waals surface area contributed by atoms with Gasteiger partial charge >= 0.3 is 0 Å². The van der Waals surface area contributed by atoms with E-state index in [2.05, 4.69) is 34.1 Å². The maximum atomic E-state index is 4.52. The Bertz CT molecular complexity index is 512. The molecule has 0 amide bonds. The molecule has 0 fully saturated rings. The summed E-state index contributed by atoms with van der Waals surface area (Å²) < 4.78 is 0. The standard InChI is InChI=1S/C15H22N4/c1-3-5-7-12(6-4-2)18-14-9-8-13-15(19-14)17-11-10-16-13/h8-12H,3-7H2,1-2H3,(H,17,18,19). The quantitative estimate of drug-likeness (QED) is 0.820. The molecule has 102 valence electrons. The largest absolute Gasteiger partial charge is 0.367 e. The average molecular weight is 258 g/mol. The Balaban J connectivity index is 2.09. The second-order valence-corrected chi connectivity index (χ2v) is 4.87. The van der Waals surface area contributed by atoms with Gasteiger partial charge in [-0.05, 0) is 25.0 Å². The molecule has 4 heteroatoms. The van der Waals surface area contributed by atoms with Crippen molar-refractivity contribution < 1.29 is 0 Å². The summed E-state index contributed by atoms with van der Waals surface area (Å²) in [5.74, 6) is 0.905. The molecule has 1 atom stereocenters. The molecule has 0 radical (unpaired) electrons. The van der Waals surface area contributed by atoms with Gasteiger partial charge in [-0.25, -0.2) is 9.97 Å². The molecule has 0 saturated carbocycles. The van der Waals surface area contributed by atoms with Crippen molar-refractivity contribution in [1.82, 2.24) is 15.0 Å². The first-order valence-electron chi connectivity index (χ1n) is 7.17. The first kappa shape index (κ1) is 13.7. The minimum Gasteiger partial charge on any atom is -0.367 e. The number of rotatable bonds is 7. The molecule has 1 N–H and O–H groups in total. The van der Waals surface area contributed by atoms with E-state index in [0.717, 1.165) is 11.3 Å². The Morgan fingerprint density at radius 1 is 1.05 bits per heavy atom. The topological polar surface area (TPSA) is 50.7 Å². The van der Waals surface area contributed by atoms with Crippen LogP contribution in [0.15, 0.2) is 24.5 Å². The molecule has 0 saturated heterocycles. The van der Waals surface area contributed by atoms with Crippen LogP contribution in [-0.4, -0.2) is 21.0 Å². The number of aromatic nitrogens is 3. The van der Waals surface area contributed by atoms with E-state index < -0.39 is 0 Å². The summed E-state index contributed by atoms with van der Waals surface area (Å²) in [6.45, 7) is 4.45. The summed E-state index contributed by atoms with van der Waals surface area (Å²) in [5, 5.41) is 3.53. The Morgan fingerprint density at radius 2 is 1.89 bits per heavy atom. The van der Waals surface area contributed by atoms with Gasteiger partial charge in [-0.15, -0.1) is 0 Å². The Hall–Kier alpha value is -1.71. The molecule has 0 aliphatic heterocycles. The van der Waals surface area contributed by atoms with E-state index in [1.54, 1.807) is 12.4 Å². The lowest BCUT2D eigenvalue weighted by molar-refractivity contribution is 0.563. The van der Waals surface area contributed by atoms with Crippen LogP contribution in [0.5, 0.6) is 0 Å². The van der Waals surface area contributed by atoms with Crippen molar-refractivity contribution in [3.05, 3.63) is 24.5 Å². The fraction of sp³-hybridized carbons (Fsp3) is 0.533. The Kier molecular flexibility index (Phi) is 5.07. The first-order chi connectivity index (χ1) is 9.33. The van der Waals surface area contributed by atoms with Gasteiger partial charge in [-0.2, -0.15) is 0 Å². The molecule has 19 heavy (non-hydrogen) atoms. The van der Waals surface area contributed by atoms with Crippen molar-refractivity contribution in [2.24, 2.45) is 0 Å². The van der Waals surface area contributed by atoms with Gasteiger partial charge in [0.1, 0.15) is 11.3 Å². The predicted octanol–water partition coefficient (Wildman–Crippen LogP) is 3.80. The van der Waals surface area contributed by atoms with E-state index in [0.29, 0.717) is 11.7 Å². The molecule has 2 aromatic heterocycles. The highest BCUT2D eigenvalue weighted by molar-refractivity contribution is 5.71. The summed E-state index contributed by atoms with van der Waals surface area (Å²) in [6, 6.07) is 4.47. The number of unbranched alkanes of at least 4 members (excludes halogenated alkanes) is 1. The maximum Gasteiger partial charge on any atom is 0.180 e. The highest BCUT2D eigenvalue weighted by atomic mass is 15.0. The molecule has 0 spiro atoms. The number of nitrogens with one attached hydrogen (secondary N) is 1. The van der Waals surface area contributed by atoms with Crippen LogP contribution >= 0.6 is 0 Å². The van der Waals surface area contributed by atoms with Crippen LogP contribution in [0.4, 0.5) is 5.82 Å². The Morgan fingerprint density at radius 3 is 2.68 bits per heavy atom. The molecule has 0 aliphatic carbocycles. The molecular formula is C15H22N4. The second kappa shape index (κ2) is 7.02. The van der Waals surface area contributed by atoms with E-state index in [9.17, 15) is 0 Å². The lowest BCUT2D eigenvalue weighted by Crippen LogP contribution is -2.19. The third kappa shape index (κ3) is 3.88. The van der Waals surface area contributed by atoms with Crippen LogP contribution < -0.4 is 5.32 Å². The molecule has 0 aliphatic rings. The zero-order chi connectivity index (χ0) is 13.5. The normalized spacial score (nSPS) is 12.5. The summed E-state index contributed by atoms with van der Waals surface area (Å²) in [7, 11) is 0. The third-order valence-electron chi connectivity index (χ3n) is 3.23. The summed E-state index contributed by atoms with van der Waals surface area (Å²) >= 11 is 0. The average Bonchev–Trinajstić information content (AvgIpc) is 2.45. The first-order valence-corrected chi connectivity index (χ1v) is 7.17. The number of hydrogen-bond acceptors (Lipinski definition) is 4. The molecule has 2 heterocycles. The predicted molar refractivity (Wildman–Crippen MR) is 79.2 cm³/mol. The van der Waals surface area contributed by atoms with Crippen LogP contribution in [0.25, 0.3) is 11.2 Å². The van der Waals surface area contributed by atoms with Gasteiger partial charge in [-0.1, -0.05) is 33.1 Å². The molecule has 2 aromatic rings. The Labute approximate surface area is 114 Å². The lowest BCUT2D eigenvalue weighted by atomic mass is 10.1. The van der Waals surface area contributed by atoms with Gasteiger partial charge in [0.05, 0.1) is 0 Å². The van der Waals surface area contributed by atoms with Crippen molar-refractivity contribution in [2.45, 2.75) is 52.0 Å². The minimum atomic E-state index is 0.506. The second-order valence-electron chi connectivity index (χ2n) is 4.87. The van der Waals surface area contributed by atoms with Crippen LogP contribution in [0.2, 0.25) is 0 Å². The fourth-order valence-electron chi connectivity index (χ4n) is 2.23. The lowest BCUT2D eigenvalue weighted by Gasteiger charge is -2.18. The van der Waals surface area contributed by atoms with Gasteiger partial charge < -0.3 is 5.32 Å². The van der Waals surface area contributed by atoms with Gasteiger partial charge in [-0.3, -0.25) is 4.98 Å². The van der Waals surface area contributed by atoms with Crippen LogP contribution in [-0.2, 0) is 0 Å². The molecule has 4 nitrogen and oxygen atoms in total. The molecule has 0 aromatic carbocycles. The number of pyridine rings is 1. The van der Waals surface area contributed by atoms with E-state index in [1.807, 2.05) is 12.1 Å². The highest BCUT2D eigenvalue weighted by Gasteiger charge is 2.08. The monoisotopic (exact) mass is 258 g/mol. The van der Waals surface area contributed by atoms with Gasteiger partial charge in [0.2, 0.25) is 0 Å². The number of fused-ring (bicyclic) bond motifs is 1. The van der Waals surface area contributed by atoms with Gasteiger partial charge in [0.15, 0.2) is 5.65 Å². The van der Waals surface area contributed by atoms with Gasteiger partial charge in [0, 0.05) is 18.4 Å². The van der Waals surface area contributed by atoms with E-state index >= 15 is 0 Å². The smallest absolute Gasteiger partial charge is 0.180 e. The van der Waals surface area contributed by atoms with Crippen molar-refractivity contribution in [1.29, 1.82) is 0 Å². The summed E-state index contributed by atoms with van der Waals surface area (Å²) in [4.78, 5) is 13.0. The van der Waals surface area contributed by atoms with Crippen molar-refractivity contribution in [2.75, 3.05) is 5.32 Å². The van der Waals surface area contributed by atoms with Crippen molar-refractivity contribution in [3.8, 4) is 0 Å².